The molecule has 1 atom stereocenters. The Kier molecular flexibility index (Phi) is 3.77. The molecule has 1 unspecified atom stereocenters. The molecule has 0 radical (unpaired) electrons. The Balaban J connectivity index is 2.12. The highest BCUT2D eigenvalue weighted by Gasteiger charge is 2.02. The maximum atomic E-state index is 5.10. The molecule has 1 aromatic carbocycles. The minimum atomic E-state index is 0.285. The second-order valence-electron chi connectivity index (χ2n) is 4.00. The third-order valence-corrected chi connectivity index (χ3v) is 2.44. The van der Waals surface area contributed by atoms with Gasteiger partial charge in [-0.05, 0) is 31.2 Å². The van der Waals surface area contributed by atoms with Crippen molar-refractivity contribution in [2.24, 2.45) is 0 Å². The molecule has 0 saturated heterocycles. The largest absolute Gasteiger partial charge is 0.383 e. The fourth-order valence-corrected chi connectivity index (χ4v) is 1.74. The average molecular weight is 231 g/mol. The summed E-state index contributed by atoms with van der Waals surface area (Å²) >= 11 is 0. The van der Waals surface area contributed by atoms with Gasteiger partial charge in [-0.3, -0.25) is 0 Å². The quantitative estimate of drug-likeness (QED) is 0.858. The van der Waals surface area contributed by atoms with Gasteiger partial charge in [0.25, 0.3) is 0 Å². The van der Waals surface area contributed by atoms with Crippen LogP contribution in [-0.2, 0) is 4.74 Å². The van der Waals surface area contributed by atoms with Crippen LogP contribution in [0.25, 0.3) is 5.69 Å². The first-order valence-corrected chi connectivity index (χ1v) is 5.65. The zero-order chi connectivity index (χ0) is 12.1. The summed E-state index contributed by atoms with van der Waals surface area (Å²) in [6, 6.07) is 10.3. The van der Waals surface area contributed by atoms with Crippen molar-refractivity contribution in [1.82, 2.24) is 9.78 Å². The number of nitrogens with one attached hydrogen (secondary N) is 1. The molecule has 4 heteroatoms. The minimum Gasteiger partial charge on any atom is -0.383 e. The predicted octanol–water partition coefficient (Wildman–Crippen LogP) is 2.32. The maximum absolute atomic E-state index is 5.10. The smallest absolute Gasteiger partial charge is 0.0666 e. The summed E-state index contributed by atoms with van der Waals surface area (Å²) in [4.78, 5) is 0. The van der Waals surface area contributed by atoms with Crippen LogP contribution in [0.3, 0.4) is 0 Å². The summed E-state index contributed by atoms with van der Waals surface area (Å²) in [6.45, 7) is 2.77. The number of hydrogen-bond acceptors (Lipinski definition) is 3. The topological polar surface area (TPSA) is 39.1 Å². The highest BCUT2D eigenvalue weighted by molar-refractivity contribution is 5.51. The van der Waals surface area contributed by atoms with E-state index >= 15 is 0 Å². The van der Waals surface area contributed by atoms with Gasteiger partial charge in [0, 0.05) is 31.2 Å². The number of benzene rings is 1. The SMILES string of the molecule is COCC(C)Nc1cccc(-n2cccn2)c1. The van der Waals surface area contributed by atoms with E-state index in [0.29, 0.717) is 6.61 Å². The molecule has 0 saturated carbocycles. The molecule has 0 aliphatic heterocycles. The molecule has 0 amide bonds. The van der Waals surface area contributed by atoms with E-state index < -0.39 is 0 Å². The van der Waals surface area contributed by atoms with Gasteiger partial charge in [-0.15, -0.1) is 0 Å². The molecule has 1 heterocycles. The van der Waals surface area contributed by atoms with Crippen LogP contribution in [-0.4, -0.2) is 29.5 Å². The molecule has 0 fully saturated rings. The first-order chi connectivity index (χ1) is 8.29. The van der Waals surface area contributed by atoms with Gasteiger partial charge >= 0.3 is 0 Å². The lowest BCUT2D eigenvalue weighted by Crippen LogP contribution is -2.20. The lowest BCUT2D eigenvalue weighted by molar-refractivity contribution is 0.190. The standard InChI is InChI=1S/C13H17N3O/c1-11(10-17-2)15-12-5-3-6-13(9-12)16-8-4-7-14-16/h3-9,11,15H,10H2,1-2H3. The number of rotatable bonds is 5. The summed E-state index contributed by atoms with van der Waals surface area (Å²) in [5.74, 6) is 0. The number of methoxy groups -OCH3 is 1. The fourth-order valence-electron chi connectivity index (χ4n) is 1.74. The summed E-state index contributed by atoms with van der Waals surface area (Å²) in [5, 5.41) is 7.59. The molecule has 0 aliphatic rings. The Morgan fingerprint density at radius 1 is 1.41 bits per heavy atom. The molecule has 0 bridgehead atoms. The van der Waals surface area contributed by atoms with Crippen LogP contribution in [0.5, 0.6) is 0 Å². The van der Waals surface area contributed by atoms with Gasteiger partial charge in [0.2, 0.25) is 0 Å². The second kappa shape index (κ2) is 5.50. The zero-order valence-electron chi connectivity index (χ0n) is 10.1. The third-order valence-electron chi connectivity index (χ3n) is 2.44. The van der Waals surface area contributed by atoms with Crippen LogP contribution >= 0.6 is 0 Å². The number of hydrogen-bond donors (Lipinski definition) is 1. The van der Waals surface area contributed by atoms with Gasteiger partial charge in [0.15, 0.2) is 0 Å². The number of aromatic nitrogens is 2. The predicted molar refractivity (Wildman–Crippen MR) is 68.5 cm³/mol. The van der Waals surface area contributed by atoms with E-state index in [1.165, 1.54) is 0 Å². The first-order valence-electron chi connectivity index (χ1n) is 5.65. The first kappa shape index (κ1) is 11.7. The molecular weight excluding hydrogens is 214 g/mol. The van der Waals surface area contributed by atoms with Crippen molar-refractivity contribution in [1.29, 1.82) is 0 Å². The van der Waals surface area contributed by atoms with Gasteiger partial charge in [0.1, 0.15) is 0 Å². The highest BCUT2D eigenvalue weighted by Crippen LogP contribution is 2.14. The van der Waals surface area contributed by atoms with Gasteiger partial charge < -0.3 is 10.1 Å². The Morgan fingerprint density at radius 3 is 3.00 bits per heavy atom. The molecule has 1 N–H and O–H groups in total. The molecule has 4 nitrogen and oxygen atoms in total. The van der Waals surface area contributed by atoms with Crippen LogP contribution in [0.4, 0.5) is 5.69 Å². The number of anilines is 1. The van der Waals surface area contributed by atoms with E-state index in [4.69, 9.17) is 4.74 Å². The van der Waals surface area contributed by atoms with Crippen LogP contribution in [0, 0.1) is 0 Å². The lowest BCUT2D eigenvalue weighted by Gasteiger charge is -2.14. The fraction of sp³-hybridized carbons (Fsp3) is 0.308. The van der Waals surface area contributed by atoms with Crippen LogP contribution in [0.2, 0.25) is 0 Å². The Bertz CT molecular complexity index is 453. The summed E-state index contributed by atoms with van der Waals surface area (Å²) in [5.41, 5.74) is 2.12. The van der Waals surface area contributed by atoms with Gasteiger partial charge in [-0.25, -0.2) is 4.68 Å². The van der Waals surface area contributed by atoms with Crippen molar-refractivity contribution in [2.75, 3.05) is 19.0 Å². The Hall–Kier alpha value is -1.81. The van der Waals surface area contributed by atoms with Gasteiger partial charge in [-0.1, -0.05) is 6.07 Å². The molecule has 2 aromatic rings. The second-order valence-corrected chi connectivity index (χ2v) is 4.00. The summed E-state index contributed by atoms with van der Waals surface area (Å²) in [6.07, 6.45) is 3.70. The van der Waals surface area contributed by atoms with E-state index in [-0.39, 0.29) is 6.04 Å². The van der Waals surface area contributed by atoms with E-state index in [0.717, 1.165) is 11.4 Å². The van der Waals surface area contributed by atoms with Crippen LogP contribution < -0.4 is 5.32 Å². The Labute approximate surface area is 101 Å². The summed E-state index contributed by atoms with van der Waals surface area (Å²) < 4.78 is 6.94. The van der Waals surface area contributed by atoms with Crippen molar-refractivity contribution in [3.63, 3.8) is 0 Å². The average Bonchev–Trinajstić information content (AvgIpc) is 2.83. The zero-order valence-corrected chi connectivity index (χ0v) is 10.1. The van der Waals surface area contributed by atoms with Crippen molar-refractivity contribution in [3.8, 4) is 5.69 Å². The molecule has 0 spiro atoms. The highest BCUT2D eigenvalue weighted by atomic mass is 16.5. The van der Waals surface area contributed by atoms with E-state index in [9.17, 15) is 0 Å². The van der Waals surface area contributed by atoms with Crippen molar-refractivity contribution in [3.05, 3.63) is 42.7 Å². The molecule has 0 aliphatic carbocycles. The molecule has 17 heavy (non-hydrogen) atoms. The molecular formula is C13H17N3O. The molecule has 1 aromatic heterocycles. The maximum Gasteiger partial charge on any atom is 0.0666 e. The van der Waals surface area contributed by atoms with Crippen LogP contribution in [0.1, 0.15) is 6.92 Å². The Morgan fingerprint density at radius 2 is 2.29 bits per heavy atom. The van der Waals surface area contributed by atoms with Gasteiger partial charge in [-0.2, -0.15) is 5.10 Å². The molecule has 2 rings (SSSR count). The van der Waals surface area contributed by atoms with E-state index in [1.54, 1.807) is 13.3 Å². The lowest BCUT2D eigenvalue weighted by atomic mass is 10.2. The number of ether oxygens (including phenoxy) is 1. The normalized spacial score (nSPS) is 12.4. The van der Waals surface area contributed by atoms with Crippen molar-refractivity contribution >= 4 is 5.69 Å². The van der Waals surface area contributed by atoms with Gasteiger partial charge in [0.05, 0.1) is 12.3 Å². The van der Waals surface area contributed by atoms with Crippen molar-refractivity contribution in [2.45, 2.75) is 13.0 Å². The van der Waals surface area contributed by atoms with Crippen LogP contribution in [0.15, 0.2) is 42.7 Å². The molecule has 90 valence electrons. The third kappa shape index (κ3) is 3.07. The van der Waals surface area contributed by atoms with E-state index in [1.807, 2.05) is 35.1 Å². The minimum absolute atomic E-state index is 0.285. The monoisotopic (exact) mass is 231 g/mol. The summed E-state index contributed by atoms with van der Waals surface area (Å²) in [7, 11) is 1.71. The van der Waals surface area contributed by atoms with E-state index in [2.05, 4.69) is 23.4 Å². The number of nitrogens with zero attached hydrogens (tertiary/aromatic N) is 2. The van der Waals surface area contributed by atoms with Crippen molar-refractivity contribution < 1.29 is 4.74 Å².